The van der Waals surface area contributed by atoms with Crippen LogP contribution in [0.25, 0.3) is 0 Å². The van der Waals surface area contributed by atoms with Gasteiger partial charge in [-0.15, -0.1) is 11.3 Å². The molecule has 3 aromatic rings. The Hall–Kier alpha value is -1.96. The molecule has 4 rings (SSSR count). The highest BCUT2D eigenvalue weighted by Crippen LogP contribution is 2.41. The van der Waals surface area contributed by atoms with E-state index in [9.17, 15) is 0 Å². The van der Waals surface area contributed by atoms with Crippen molar-refractivity contribution in [3.8, 4) is 0 Å². The maximum atomic E-state index is 5.70. The second-order valence-corrected chi connectivity index (χ2v) is 8.88. The van der Waals surface area contributed by atoms with E-state index in [-0.39, 0.29) is 12.1 Å². The number of nitrogens with zero attached hydrogens (tertiary/aromatic N) is 2. The lowest BCUT2D eigenvalue weighted by Gasteiger charge is -2.27. The number of thiophene rings is 1. The Labute approximate surface area is 183 Å². The second-order valence-electron chi connectivity index (χ2n) is 6.63. The van der Waals surface area contributed by atoms with Crippen LogP contribution in [-0.4, -0.2) is 28.1 Å². The fourth-order valence-corrected chi connectivity index (χ4v) is 5.40. The fourth-order valence-electron chi connectivity index (χ4n) is 3.48. The Morgan fingerprint density at radius 3 is 2.71 bits per heavy atom. The van der Waals surface area contributed by atoms with Gasteiger partial charge in [0.15, 0.2) is 5.11 Å². The van der Waals surface area contributed by atoms with Crippen molar-refractivity contribution in [1.82, 2.24) is 15.2 Å². The molecule has 0 radical (unpaired) electrons. The van der Waals surface area contributed by atoms with E-state index in [1.807, 2.05) is 36.5 Å². The first-order valence-corrected chi connectivity index (χ1v) is 11.3. The average molecular weight is 473 g/mol. The smallest absolute Gasteiger partial charge is 0.170 e. The minimum atomic E-state index is 0.0568. The third-order valence-corrected chi connectivity index (χ3v) is 6.87. The van der Waals surface area contributed by atoms with E-state index in [1.165, 1.54) is 4.88 Å². The third kappa shape index (κ3) is 4.37. The van der Waals surface area contributed by atoms with Crippen LogP contribution in [0.4, 0.5) is 5.69 Å². The average Bonchev–Trinajstić information content (AvgIpc) is 3.29. The lowest BCUT2D eigenvalue weighted by atomic mass is 10.0. The predicted molar refractivity (Wildman–Crippen MR) is 124 cm³/mol. The minimum absolute atomic E-state index is 0.0568. The number of aromatic nitrogens is 1. The number of thiocarbonyl (C=S) groups is 1. The summed E-state index contributed by atoms with van der Waals surface area (Å²) in [5.41, 5.74) is 2.17. The number of nitrogens with one attached hydrogen (secondary N) is 2. The maximum Gasteiger partial charge on any atom is 0.170 e. The van der Waals surface area contributed by atoms with Gasteiger partial charge in [-0.05, 0) is 64.9 Å². The summed E-state index contributed by atoms with van der Waals surface area (Å²) in [6, 6.07) is 18.7. The first-order chi connectivity index (χ1) is 13.7. The molecule has 1 saturated heterocycles. The van der Waals surface area contributed by atoms with Crippen LogP contribution in [0.2, 0.25) is 0 Å². The zero-order valence-electron chi connectivity index (χ0n) is 15.2. The zero-order chi connectivity index (χ0) is 19.3. The van der Waals surface area contributed by atoms with Crippen LogP contribution in [0.5, 0.6) is 0 Å². The normalized spacial score (nSPS) is 18.9. The Morgan fingerprint density at radius 2 is 2.00 bits per heavy atom. The van der Waals surface area contributed by atoms with E-state index in [0.717, 1.165) is 40.5 Å². The summed E-state index contributed by atoms with van der Waals surface area (Å²) in [4.78, 5) is 8.17. The molecule has 1 fully saturated rings. The molecule has 4 nitrogen and oxygen atoms in total. The van der Waals surface area contributed by atoms with Crippen molar-refractivity contribution in [2.45, 2.75) is 18.5 Å². The van der Waals surface area contributed by atoms with Gasteiger partial charge in [0.25, 0.3) is 0 Å². The molecule has 2 atom stereocenters. The molecule has 3 heterocycles. The minimum Gasteiger partial charge on any atom is -0.385 e. The van der Waals surface area contributed by atoms with Crippen molar-refractivity contribution < 1.29 is 0 Å². The molecule has 0 amide bonds. The van der Waals surface area contributed by atoms with Gasteiger partial charge >= 0.3 is 0 Å². The maximum absolute atomic E-state index is 5.70. The van der Waals surface area contributed by atoms with Crippen molar-refractivity contribution in [3.63, 3.8) is 0 Å². The number of para-hydroxylation sites is 1. The SMILES string of the molecule is S=C1N[C@H](c2ccccn2)[C@@H](c2cc(Br)cs2)N1CCCNc1ccccc1. The van der Waals surface area contributed by atoms with Crippen LogP contribution in [0.1, 0.15) is 29.1 Å². The molecule has 1 aliphatic rings. The highest BCUT2D eigenvalue weighted by molar-refractivity contribution is 9.10. The fraction of sp³-hybridized carbons (Fsp3) is 0.238. The summed E-state index contributed by atoms with van der Waals surface area (Å²) in [5, 5.41) is 9.90. The first kappa shape index (κ1) is 19.4. The van der Waals surface area contributed by atoms with Gasteiger partial charge in [0, 0.05) is 39.7 Å². The molecule has 0 spiro atoms. The van der Waals surface area contributed by atoms with Crippen molar-refractivity contribution in [2.75, 3.05) is 18.4 Å². The number of anilines is 1. The summed E-state index contributed by atoms with van der Waals surface area (Å²) in [6.45, 7) is 1.79. The summed E-state index contributed by atoms with van der Waals surface area (Å²) in [5.74, 6) is 0. The van der Waals surface area contributed by atoms with Crippen LogP contribution in [0.3, 0.4) is 0 Å². The van der Waals surface area contributed by atoms with Crippen LogP contribution < -0.4 is 10.6 Å². The molecular weight excluding hydrogens is 452 g/mol. The predicted octanol–water partition coefficient (Wildman–Crippen LogP) is 5.38. The van der Waals surface area contributed by atoms with Gasteiger partial charge < -0.3 is 15.5 Å². The van der Waals surface area contributed by atoms with Crippen LogP contribution in [-0.2, 0) is 0 Å². The van der Waals surface area contributed by atoms with Crippen LogP contribution in [0.15, 0.2) is 70.6 Å². The first-order valence-electron chi connectivity index (χ1n) is 9.23. The molecule has 0 bridgehead atoms. The molecule has 1 aromatic carbocycles. The van der Waals surface area contributed by atoms with Gasteiger partial charge in [0.2, 0.25) is 0 Å². The van der Waals surface area contributed by atoms with Gasteiger partial charge in [0.1, 0.15) is 0 Å². The molecular formula is C21H21BrN4S2. The van der Waals surface area contributed by atoms with Crippen molar-refractivity contribution >= 4 is 50.3 Å². The Bertz CT molecular complexity index is 916. The van der Waals surface area contributed by atoms with Crippen molar-refractivity contribution in [3.05, 3.63) is 81.2 Å². The Morgan fingerprint density at radius 1 is 1.18 bits per heavy atom. The van der Waals surface area contributed by atoms with Gasteiger partial charge in [-0.3, -0.25) is 4.98 Å². The summed E-state index contributed by atoms with van der Waals surface area (Å²) >= 11 is 11.1. The monoisotopic (exact) mass is 472 g/mol. The molecule has 0 aliphatic carbocycles. The zero-order valence-corrected chi connectivity index (χ0v) is 18.4. The van der Waals surface area contributed by atoms with Crippen LogP contribution >= 0.6 is 39.5 Å². The molecule has 2 N–H and O–H groups in total. The molecule has 1 aliphatic heterocycles. The molecule has 7 heteroatoms. The Balaban J connectivity index is 1.48. The van der Waals surface area contributed by atoms with Gasteiger partial charge in [-0.25, -0.2) is 0 Å². The van der Waals surface area contributed by atoms with E-state index in [1.54, 1.807) is 11.3 Å². The van der Waals surface area contributed by atoms with Crippen molar-refractivity contribution in [1.29, 1.82) is 0 Å². The van der Waals surface area contributed by atoms with Gasteiger partial charge in [0.05, 0.1) is 17.8 Å². The number of benzene rings is 1. The Kier molecular flexibility index (Phi) is 6.24. The van der Waals surface area contributed by atoms with Gasteiger partial charge in [-0.2, -0.15) is 0 Å². The summed E-state index contributed by atoms with van der Waals surface area (Å²) in [7, 11) is 0. The molecule has 28 heavy (non-hydrogen) atoms. The third-order valence-electron chi connectivity index (χ3n) is 4.76. The number of rotatable bonds is 7. The molecule has 0 saturated carbocycles. The number of hydrogen-bond acceptors (Lipinski definition) is 4. The number of pyridine rings is 1. The van der Waals surface area contributed by atoms with Gasteiger partial charge in [-0.1, -0.05) is 24.3 Å². The molecule has 0 unspecified atom stereocenters. The molecule has 144 valence electrons. The van der Waals surface area contributed by atoms with E-state index < -0.39 is 0 Å². The highest BCUT2D eigenvalue weighted by Gasteiger charge is 2.40. The van der Waals surface area contributed by atoms with E-state index in [2.05, 4.69) is 66.1 Å². The summed E-state index contributed by atoms with van der Waals surface area (Å²) in [6.07, 6.45) is 2.84. The number of halogens is 1. The van der Waals surface area contributed by atoms with E-state index >= 15 is 0 Å². The second kappa shape index (κ2) is 9.03. The lowest BCUT2D eigenvalue weighted by molar-refractivity contribution is 0.320. The lowest BCUT2D eigenvalue weighted by Crippen LogP contribution is -2.31. The quantitative estimate of drug-likeness (QED) is 0.356. The largest absolute Gasteiger partial charge is 0.385 e. The van der Waals surface area contributed by atoms with E-state index in [4.69, 9.17) is 12.2 Å². The van der Waals surface area contributed by atoms with E-state index in [0.29, 0.717) is 0 Å². The number of hydrogen-bond donors (Lipinski definition) is 2. The van der Waals surface area contributed by atoms with Crippen LogP contribution in [0, 0.1) is 0 Å². The highest BCUT2D eigenvalue weighted by atomic mass is 79.9. The van der Waals surface area contributed by atoms with Crippen molar-refractivity contribution in [2.24, 2.45) is 0 Å². The standard InChI is InChI=1S/C21H21BrN4S2/c22-15-13-18(28-14-15)20-19(17-9-4-5-10-24-17)25-21(27)26(20)12-6-11-23-16-7-2-1-3-8-16/h1-5,7-10,13-14,19-20,23H,6,11-12H2,(H,25,27)/t19-,20-/m1/s1. The topological polar surface area (TPSA) is 40.2 Å². The molecule has 2 aromatic heterocycles. The summed E-state index contributed by atoms with van der Waals surface area (Å²) < 4.78 is 1.11.